The number of benzene rings is 2. The Bertz CT molecular complexity index is 1390. The molecule has 9 heteroatoms. The Morgan fingerprint density at radius 1 is 1.14 bits per heavy atom. The maximum Gasteiger partial charge on any atom is 0.251 e. The van der Waals surface area contributed by atoms with Gasteiger partial charge in [-0.1, -0.05) is 6.07 Å². The van der Waals surface area contributed by atoms with Gasteiger partial charge >= 0.3 is 0 Å². The van der Waals surface area contributed by atoms with Crippen molar-refractivity contribution in [1.82, 2.24) is 14.2 Å². The molecule has 0 bridgehead atoms. The highest BCUT2D eigenvalue weighted by Gasteiger charge is 2.34. The predicted molar refractivity (Wildman–Crippen MR) is 137 cm³/mol. The molecule has 2 heterocycles. The number of amides is 1. The third-order valence-electron chi connectivity index (χ3n) is 6.78. The molecule has 0 spiro atoms. The summed E-state index contributed by atoms with van der Waals surface area (Å²) >= 11 is 0. The van der Waals surface area contributed by atoms with Gasteiger partial charge in [0.25, 0.3) is 5.91 Å². The van der Waals surface area contributed by atoms with E-state index < -0.39 is 10.0 Å². The van der Waals surface area contributed by atoms with E-state index in [4.69, 9.17) is 4.74 Å². The molecule has 1 N–H and O–H groups in total. The Labute approximate surface area is 211 Å². The summed E-state index contributed by atoms with van der Waals surface area (Å²) in [5.74, 6) is 0.518. The summed E-state index contributed by atoms with van der Waals surface area (Å²) in [5, 5.41) is 3.94. The van der Waals surface area contributed by atoms with Crippen molar-refractivity contribution in [3.63, 3.8) is 0 Å². The van der Waals surface area contributed by atoms with E-state index in [1.807, 2.05) is 36.7 Å². The van der Waals surface area contributed by atoms with Crippen molar-refractivity contribution in [3.8, 4) is 5.75 Å². The van der Waals surface area contributed by atoms with Crippen molar-refractivity contribution < 1.29 is 22.7 Å². The zero-order chi connectivity index (χ0) is 25.4. The number of rotatable bonds is 9. The molecule has 36 heavy (non-hydrogen) atoms. The highest BCUT2D eigenvalue weighted by molar-refractivity contribution is 7.89. The fourth-order valence-electron chi connectivity index (χ4n) is 4.83. The summed E-state index contributed by atoms with van der Waals surface area (Å²) in [4.78, 5) is 24.2. The largest absolute Gasteiger partial charge is 0.491 e. The minimum atomic E-state index is -3.64. The van der Waals surface area contributed by atoms with E-state index in [-0.39, 0.29) is 35.4 Å². The van der Waals surface area contributed by atoms with Crippen LogP contribution in [0.15, 0.2) is 53.6 Å². The van der Waals surface area contributed by atoms with E-state index in [1.54, 1.807) is 30.3 Å². The Morgan fingerprint density at radius 3 is 2.56 bits per heavy atom. The quantitative estimate of drug-likeness (QED) is 0.444. The molecule has 2 aromatic carbocycles. The molecule has 2 fully saturated rings. The van der Waals surface area contributed by atoms with Crippen molar-refractivity contribution in [2.75, 3.05) is 13.1 Å². The monoisotopic (exact) mass is 509 g/mol. The summed E-state index contributed by atoms with van der Waals surface area (Å²) in [6.45, 7) is 4.79. The minimum Gasteiger partial charge on any atom is -0.491 e. The average molecular weight is 510 g/mol. The topological polar surface area (TPSA) is 97.7 Å². The number of hydrogen-bond acceptors (Lipinski definition) is 5. The van der Waals surface area contributed by atoms with Gasteiger partial charge in [0.2, 0.25) is 10.0 Å². The second kappa shape index (κ2) is 9.71. The van der Waals surface area contributed by atoms with Gasteiger partial charge in [0.05, 0.1) is 17.5 Å². The lowest BCUT2D eigenvalue weighted by molar-refractivity contribution is -0.108. The SMILES string of the molecule is CC(C)Oc1ccc(S(=O)(=O)N2CCC(c3cn(CC=O)c4cc(C(=O)NC5CC5)ccc34)C2)cc1. The van der Waals surface area contributed by atoms with E-state index in [9.17, 15) is 18.0 Å². The molecule has 1 amide bonds. The van der Waals surface area contributed by atoms with Gasteiger partial charge in [0.15, 0.2) is 0 Å². The summed E-state index contributed by atoms with van der Waals surface area (Å²) in [6.07, 6.45) is 5.47. The highest BCUT2D eigenvalue weighted by atomic mass is 32.2. The maximum absolute atomic E-state index is 13.3. The van der Waals surface area contributed by atoms with Gasteiger partial charge in [-0.2, -0.15) is 4.31 Å². The molecule has 1 aliphatic carbocycles. The zero-order valence-corrected chi connectivity index (χ0v) is 21.3. The van der Waals surface area contributed by atoms with E-state index >= 15 is 0 Å². The normalized spacial score (nSPS) is 18.6. The number of fused-ring (bicyclic) bond motifs is 1. The first-order valence-electron chi connectivity index (χ1n) is 12.4. The van der Waals surface area contributed by atoms with Gasteiger partial charge in [-0.25, -0.2) is 8.42 Å². The Kier molecular flexibility index (Phi) is 6.61. The van der Waals surface area contributed by atoms with Gasteiger partial charge in [-0.15, -0.1) is 0 Å². The van der Waals surface area contributed by atoms with E-state index in [0.29, 0.717) is 30.8 Å². The van der Waals surface area contributed by atoms with Crippen molar-refractivity contribution in [3.05, 3.63) is 59.8 Å². The lowest BCUT2D eigenvalue weighted by Gasteiger charge is -2.17. The fourth-order valence-corrected chi connectivity index (χ4v) is 6.33. The highest BCUT2D eigenvalue weighted by Crippen LogP contribution is 2.36. The lowest BCUT2D eigenvalue weighted by atomic mass is 9.97. The summed E-state index contributed by atoms with van der Waals surface area (Å²) in [5.41, 5.74) is 2.37. The molecule has 5 rings (SSSR count). The number of ether oxygens (including phenoxy) is 1. The Balaban J connectivity index is 1.38. The zero-order valence-electron chi connectivity index (χ0n) is 20.5. The number of carbonyl (C=O) groups excluding carboxylic acids is 2. The van der Waals surface area contributed by atoms with E-state index in [0.717, 1.165) is 35.6 Å². The number of nitrogens with zero attached hydrogens (tertiary/aromatic N) is 2. The van der Waals surface area contributed by atoms with Crippen LogP contribution in [0.25, 0.3) is 10.9 Å². The van der Waals surface area contributed by atoms with Crippen molar-refractivity contribution in [1.29, 1.82) is 0 Å². The maximum atomic E-state index is 13.3. The molecular weight excluding hydrogens is 478 g/mol. The first-order valence-corrected chi connectivity index (χ1v) is 13.8. The van der Waals surface area contributed by atoms with E-state index in [1.165, 1.54) is 4.31 Å². The van der Waals surface area contributed by atoms with Crippen LogP contribution in [-0.4, -0.2) is 54.7 Å². The first kappa shape index (κ1) is 24.5. The smallest absolute Gasteiger partial charge is 0.251 e. The molecule has 1 saturated carbocycles. The van der Waals surface area contributed by atoms with Gasteiger partial charge in [-0.05, 0) is 75.1 Å². The summed E-state index contributed by atoms with van der Waals surface area (Å²) in [7, 11) is -3.64. The molecule has 3 aromatic rings. The minimum absolute atomic E-state index is 0.00938. The number of carbonyl (C=O) groups is 2. The Hall–Kier alpha value is -3.17. The number of aldehydes is 1. The molecule has 1 unspecified atom stereocenters. The van der Waals surface area contributed by atoms with Crippen LogP contribution >= 0.6 is 0 Å². The third-order valence-corrected chi connectivity index (χ3v) is 8.66. The molecule has 1 aliphatic heterocycles. The molecule has 8 nitrogen and oxygen atoms in total. The van der Waals surface area contributed by atoms with Gasteiger partial charge in [-0.3, -0.25) is 4.79 Å². The summed E-state index contributed by atoms with van der Waals surface area (Å²) < 4.78 is 35.6. The van der Waals surface area contributed by atoms with Crippen LogP contribution in [0.3, 0.4) is 0 Å². The van der Waals surface area contributed by atoms with E-state index in [2.05, 4.69) is 5.32 Å². The molecular formula is C27H31N3O5S. The lowest BCUT2D eigenvalue weighted by Crippen LogP contribution is -2.28. The molecule has 190 valence electrons. The number of aromatic nitrogens is 1. The molecule has 0 radical (unpaired) electrons. The van der Waals surface area contributed by atoms with Gasteiger partial charge in [0, 0.05) is 47.7 Å². The van der Waals surface area contributed by atoms with Crippen LogP contribution in [0.4, 0.5) is 0 Å². The molecule has 2 aliphatic rings. The predicted octanol–water partition coefficient (Wildman–Crippen LogP) is 3.70. The third kappa shape index (κ3) is 4.90. The van der Waals surface area contributed by atoms with Crippen molar-refractivity contribution >= 4 is 33.1 Å². The number of nitrogens with one attached hydrogen (secondary N) is 1. The first-order chi connectivity index (χ1) is 17.3. The fraction of sp³-hybridized carbons (Fsp3) is 0.407. The van der Waals surface area contributed by atoms with Gasteiger partial charge in [0.1, 0.15) is 12.0 Å². The average Bonchev–Trinajstić information content (AvgIpc) is 3.38. The van der Waals surface area contributed by atoms with Crippen LogP contribution in [0, 0.1) is 0 Å². The van der Waals surface area contributed by atoms with Gasteiger partial charge < -0.3 is 19.4 Å². The molecule has 1 saturated heterocycles. The van der Waals surface area contributed by atoms with Crippen molar-refractivity contribution in [2.24, 2.45) is 0 Å². The van der Waals surface area contributed by atoms with Crippen LogP contribution in [0.2, 0.25) is 0 Å². The van der Waals surface area contributed by atoms with Crippen LogP contribution < -0.4 is 10.1 Å². The second-order valence-electron chi connectivity index (χ2n) is 9.87. The molecule has 1 aromatic heterocycles. The number of hydrogen-bond donors (Lipinski definition) is 1. The summed E-state index contributed by atoms with van der Waals surface area (Å²) in [6, 6.07) is 12.3. The van der Waals surface area contributed by atoms with Crippen LogP contribution in [0.5, 0.6) is 5.75 Å². The van der Waals surface area contributed by atoms with Crippen LogP contribution in [0.1, 0.15) is 54.9 Å². The Morgan fingerprint density at radius 2 is 1.89 bits per heavy atom. The molecule has 1 atom stereocenters. The van der Waals surface area contributed by atoms with Crippen molar-refractivity contribution in [2.45, 2.75) is 62.6 Å². The number of sulfonamides is 1. The second-order valence-corrected chi connectivity index (χ2v) is 11.8. The van der Waals surface area contributed by atoms with Crippen LogP contribution in [-0.2, 0) is 21.4 Å². The standard InChI is InChI=1S/C27H31N3O5S/c1-18(2)35-22-6-8-23(9-7-22)36(33,34)30-12-11-20(16-30)25-17-29(13-14-31)26-15-19(3-10-24(25)26)27(32)28-21-4-5-21/h3,6-10,14-15,17-18,20-21H,4-5,11-13,16H2,1-2H3,(H,28,32).